The van der Waals surface area contributed by atoms with Gasteiger partial charge in [0.2, 0.25) is 24.5 Å². The lowest BCUT2D eigenvalue weighted by Crippen LogP contribution is -2.71. The van der Waals surface area contributed by atoms with Gasteiger partial charge in [-0.25, -0.2) is 22.8 Å². The lowest BCUT2D eigenvalue weighted by molar-refractivity contribution is -0.182. The second-order valence-corrected chi connectivity index (χ2v) is 17.8. The Bertz CT molecular complexity index is 2010. The van der Waals surface area contributed by atoms with Crippen LogP contribution < -0.4 is 10.6 Å². The first-order valence-electron chi connectivity index (χ1n) is 16.5. The molecule has 1 unspecified atom stereocenters. The van der Waals surface area contributed by atoms with Crippen molar-refractivity contribution in [1.82, 2.24) is 20.4 Å². The van der Waals surface area contributed by atoms with Crippen molar-refractivity contribution < 1.29 is 66.0 Å². The number of thioether (sulfide) groups is 1. The number of ether oxygens (including phenoxy) is 4. The van der Waals surface area contributed by atoms with Crippen molar-refractivity contribution in [3.8, 4) is 5.75 Å². The zero-order valence-corrected chi connectivity index (χ0v) is 30.9. The van der Waals surface area contributed by atoms with E-state index in [0.29, 0.717) is 5.56 Å². The molecular formula is C34H36N4O14S2. The summed E-state index contributed by atoms with van der Waals surface area (Å²) >= 11 is 1.19. The van der Waals surface area contributed by atoms with Crippen molar-refractivity contribution in [2.75, 3.05) is 13.9 Å². The second kappa shape index (κ2) is 14.1. The van der Waals surface area contributed by atoms with E-state index in [4.69, 9.17) is 14.2 Å². The third-order valence-electron chi connectivity index (χ3n) is 9.84. The summed E-state index contributed by atoms with van der Waals surface area (Å²) in [5, 5.41) is 12.7. The number of sulfone groups is 1. The van der Waals surface area contributed by atoms with Gasteiger partial charge in [0.1, 0.15) is 41.2 Å². The number of amides is 4. The van der Waals surface area contributed by atoms with Crippen molar-refractivity contribution in [2.24, 2.45) is 0 Å². The Labute approximate surface area is 312 Å². The standard InChI is InChI=1S/C34H36N4O14S2/c1-33(2)24(29(43)51-16-52-30(44)25-34(3,31(45)49-4)54(47,48)21-14-20(40)37(21)25)38-27(42)23(28(38)53-33)35-26(41)22(18-10-12-19(39)13-11-18)36-32(46)50-15-17-8-6-5-7-9-17/h5-13,21-25,28,39H,14-16H2,1-4H3,(H,35,41)(H,36,46)/t21-,22?,23-,24+,25+,28-,34-/m1/s1. The number of fused-ring (bicyclic) bond motifs is 2. The molecule has 288 valence electrons. The van der Waals surface area contributed by atoms with Crippen LogP contribution in [0.25, 0.3) is 0 Å². The van der Waals surface area contributed by atoms with E-state index in [1.54, 1.807) is 44.2 Å². The van der Waals surface area contributed by atoms with Crippen molar-refractivity contribution in [2.45, 2.75) is 78.2 Å². The van der Waals surface area contributed by atoms with E-state index >= 15 is 0 Å². The highest BCUT2D eigenvalue weighted by Crippen LogP contribution is 2.51. The Balaban J connectivity index is 1.09. The average Bonchev–Trinajstić information content (AvgIpc) is 3.47. The number of alkyl carbamates (subject to hydrolysis) is 1. The molecule has 0 radical (unpaired) electrons. The molecule has 0 bridgehead atoms. The van der Waals surface area contributed by atoms with E-state index < -0.39 is 109 Å². The number of esters is 3. The van der Waals surface area contributed by atoms with Gasteiger partial charge in [-0.05, 0) is 44.0 Å². The minimum absolute atomic E-state index is 0.0783. The Morgan fingerprint density at radius 1 is 0.926 bits per heavy atom. The number of hydrogen-bond acceptors (Lipinski definition) is 15. The number of phenolic OH excluding ortho intramolecular Hbond substituents is 1. The molecule has 2 aromatic carbocycles. The molecule has 4 amide bonds. The van der Waals surface area contributed by atoms with E-state index in [-0.39, 0.29) is 17.9 Å². The fraction of sp³-hybridized carbons (Fsp3) is 0.441. The van der Waals surface area contributed by atoms with E-state index in [1.807, 2.05) is 0 Å². The molecule has 4 aliphatic rings. The van der Waals surface area contributed by atoms with E-state index in [2.05, 4.69) is 15.4 Å². The first-order valence-corrected chi connectivity index (χ1v) is 18.9. The molecule has 0 saturated carbocycles. The van der Waals surface area contributed by atoms with Crippen molar-refractivity contribution >= 4 is 63.3 Å². The summed E-state index contributed by atoms with van der Waals surface area (Å²) in [5.74, 6) is -5.79. The van der Waals surface area contributed by atoms with Crippen molar-refractivity contribution in [3.63, 3.8) is 0 Å². The van der Waals surface area contributed by atoms with Crippen LogP contribution >= 0.6 is 11.8 Å². The van der Waals surface area contributed by atoms with Gasteiger partial charge in [0.15, 0.2) is 20.6 Å². The van der Waals surface area contributed by atoms with Crippen LogP contribution in [0.15, 0.2) is 54.6 Å². The first-order chi connectivity index (χ1) is 25.4. The van der Waals surface area contributed by atoms with E-state index in [9.17, 15) is 47.1 Å². The number of phenols is 1. The summed E-state index contributed by atoms with van der Waals surface area (Å²) in [6.45, 7) is 3.16. The van der Waals surface area contributed by atoms with Crippen LogP contribution in [-0.2, 0) is 64.2 Å². The molecule has 4 fully saturated rings. The van der Waals surface area contributed by atoms with Gasteiger partial charge in [-0.3, -0.25) is 19.2 Å². The third-order valence-corrected chi connectivity index (χ3v) is 14.1. The van der Waals surface area contributed by atoms with E-state index in [0.717, 1.165) is 18.9 Å². The number of β-lactam (4-membered cyclic amide) rings is 2. The highest BCUT2D eigenvalue weighted by atomic mass is 32.2. The summed E-state index contributed by atoms with van der Waals surface area (Å²) in [7, 11) is -3.46. The van der Waals surface area contributed by atoms with Gasteiger partial charge in [0.25, 0.3) is 0 Å². The third kappa shape index (κ3) is 6.35. The lowest BCUT2D eigenvalue weighted by atomic mass is 9.95. The molecule has 54 heavy (non-hydrogen) atoms. The number of methoxy groups -OCH3 is 1. The van der Waals surface area contributed by atoms with Crippen LogP contribution in [0.3, 0.4) is 0 Å². The maximum absolute atomic E-state index is 13.6. The van der Waals surface area contributed by atoms with Crippen molar-refractivity contribution in [1.29, 1.82) is 0 Å². The SMILES string of the molecule is COC(=O)[C@@]1(C)[C@H](C(=O)OCOC(=O)[C@@H]2N3C(=O)[C@@H](NC(=O)C(NC(=O)OCc4ccccc4)c4ccc(O)cc4)[C@H]3SC2(C)C)N2C(=O)C[C@H]2S1(=O)=O. The topological polar surface area (TPSA) is 241 Å². The van der Waals surface area contributed by atoms with Gasteiger partial charge in [-0.2, -0.15) is 0 Å². The van der Waals surface area contributed by atoms with Gasteiger partial charge < -0.3 is 44.5 Å². The maximum Gasteiger partial charge on any atom is 0.408 e. The van der Waals surface area contributed by atoms with Crippen LogP contribution in [0.1, 0.15) is 44.4 Å². The van der Waals surface area contributed by atoms with Gasteiger partial charge >= 0.3 is 24.0 Å². The molecule has 4 aliphatic heterocycles. The number of carbonyl (C=O) groups is 7. The summed E-state index contributed by atoms with van der Waals surface area (Å²) in [4.78, 5) is 93.3. The molecule has 20 heteroatoms. The second-order valence-electron chi connectivity index (χ2n) is 13.5. The number of hydrogen-bond donors (Lipinski definition) is 3. The summed E-state index contributed by atoms with van der Waals surface area (Å²) < 4.78 is 43.0. The normalized spacial score (nSPS) is 27.6. The molecule has 4 saturated heterocycles. The smallest absolute Gasteiger partial charge is 0.408 e. The molecule has 18 nitrogen and oxygen atoms in total. The molecule has 6 rings (SSSR count). The minimum atomic E-state index is -4.40. The average molecular weight is 789 g/mol. The van der Waals surface area contributed by atoms with Crippen LogP contribution in [0.2, 0.25) is 0 Å². The molecule has 7 atom stereocenters. The van der Waals surface area contributed by atoms with Crippen LogP contribution in [0, 0.1) is 0 Å². The Morgan fingerprint density at radius 2 is 1.56 bits per heavy atom. The van der Waals surface area contributed by atoms with E-state index in [1.165, 1.54) is 40.9 Å². The molecule has 0 aliphatic carbocycles. The largest absolute Gasteiger partial charge is 0.508 e. The lowest BCUT2D eigenvalue weighted by Gasteiger charge is -2.44. The van der Waals surface area contributed by atoms with Crippen molar-refractivity contribution in [3.05, 3.63) is 65.7 Å². The number of aromatic hydroxyl groups is 1. The minimum Gasteiger partial charge on any atom is -0.508 e. The first kappa shape index (κ1) is 38.4. The molecule has 3 N–H and O–H groups in total. The zero-order chi connectivity index (χ0) is 39.3. The van der Waals surface area contributed by atoms with Gasteiger partial charge in [0.05, 0.1) is 13.5 Å². The number of rotatable bonds is 11. The summed E-state index contributed by atoms with van der Waals surface area (Å²) in [6, 6.07) is 8.72. The fourth-order valence-corrected chi connectivity index (χ4v) is 10.9. The Hall–Kier alpha value is -5.37. The monoisotopic (exact) mass is 788 g/mol. The maximum atomic E-state index is 13.6. The van der Waals surface area contributed by atoms with Crippen LogP contribution in [0.4, 0.5) is 4.79 Å². The quantitative estimate of drug-likeness (QED) is 0.120. The van der Waals surface area contributed by atoms with Gasteiger partial charge in [-0.1, -0.05) is 42.5 Å². The highest BCUT2D eigenvalue weighted by molar-refractivity contribution is 8.01. The number of nitrogens with zero attached hydrogens (tertiary/aromatic N) is 2. The molecule has 0 aromatic heterocycles. The van der Waals surface area contributed by atoms with Gasteiger partial charge in [-0.15, -0.1) is 11.8 Å². The Morgan fingerprint density at radius 3 is 2.17 bits per heavy atom. The number of carbonyl (C=O) groups excluding carboxylic acids is 7. The van der Waals surface area contributed by atoms with Gasteiger partial charge in [0, 0.05) is 4.75 Å². The molecule has 0 spiro atoms. The zero-order valence-electron chi connectivity index (χ0n) is 29.2. The fourth-order valence-electron chi connectivity index (χ4n) is 6.96. The van der Waals surface area contributed by atoms with Crippen LogP contribution in [0.5, 0.6) is 5.75 Å². The summed E-state index contributed by atoms with van der Waals surface area (Å²) in [6.07, 6.45) is -1.35. The summed E-state index contributed by atoms with van der Waals surface area (Å²) in [5.41, 5.74) is 0.981. The molecule has 2 aromatic rings. The Kier molecular flexibility index (Phi) is 10.0. The number of benzene rings is 2. The predicted octanol–water partition coefficient (Wildman–Crippen LogP) is 0.238. The highest BCUT2D eigenvalue weighted by Gasteiger charge is 2.74. The van der Waals surface area contributed by atoms with Crippen LogP contribution in [-0.4, -0.2) is 117 Å². The predicted molar refractivity (Wildman–Crippen MR) is 184 cm³/mol. The molecule has 4 heterocycles. The number of nitrogens with one attached hydrogen (secondary N) is 2. The molecular weight excluding hydrogens is 753 g/mol.